The third-order valence-corrected chi connectivity index (χ3v) is 3.44. The van der Waals surface area contributed by atoms with Crippen LogP contribution in [0.1, 0.15) is 31.0 Å². The molecule has 0 radical (unpaired) electrons. The van der Waals surface area contributed by atoms with Gasteiger partial charge in [0.2, 0.25) is 5.91 Å². The maximum Gasteiger partial charge on any atom is 0.220 e. The second-order valence-corrected chi connectivity index (χ2v) is 4.97. The molecule has 1 fully saturated rings. The number of hydrogen-bond acceptors (Lipinski definition) is 3. The largest absolute Gasteiger partial charge is 0.352 e. The molecule has 1 aliphatic heterocycles. The van der Waals surface area contributed by atoms with Gasteiger partial charge in [-0.25, -0.2) is 0 Å². The van der Waals surface area contributed by atoms with E-state index < -0.39 is 0 Å². The monoisotopic (exact) mass is 250 g/mol. The van der Waals surface area contributed by atoms with Crippen molar-refractivity contribution in [1.82, 2.24) is 20.4 Å². The number of carbonyl (C=O) groups excluding carboxylic acids is 1. The first-order chi connectivity index (χ1) is 8.69. The molecule has 0 bridgehead atoms. The van der Waals surface area contributed by atoms with Gasteiger partial charge in [0.15, 0.2) is 0 Å². The molecule has 1 aromatic heterocycles. The molecule has 1 amide bonds. The molecule has 2 N–H and O–H groups in total. The molecule has 2 heterocycles. The molecule has 1 atom stereocenters. The summed E-state index contributed by atoms with van der Waals surface area (Å²) in [5.41, 5.74) is 2.19. The lowest BCUT2D eigenvalue weighted by Gasteiger charge is -2.08. The second kappa shape index (κ2) is 6.00. The summed E-state index contributed by atoms with van der Waals surface area (Å²) in [5.74, 6) is 0.652. The Bertz CT molecular complexity index is 407. The van der Waals surface area contributed by atoms with Crippen LogP contribution in [0.2, 0.25) is 0 Å². The summed E-state index contributed by atoms with van der Waals surface area (Å²) in [6.45, 7) is 4.69. The minimum atomic E-state index is 0.148. The summed E-state index contributed by atoms with van der Waals surface area (Å²) in [4.78, 5) is 11.8. The lowest BCUT2D eigenvalue weighted by molar-refractivity contribution is -0.122. The van der Waals surface area contributed by atoms with E-state index in [1.54, 1.807) is 4.68 Å². The summed E-state index contributed by atoms with van der Waals surface area (Å²) in [6, 6.07) is 0. The van der Waals surface area contributed by atoms with Crippen molar-refractivity contribution in [1.29, 1.82) is 0 Å². The van der Waals surface area contributed by atoms with Crippen LogP contribution >= 0.6 is 0 Å². The molecule has 18 heavy (non-hydrogen) atoms. The lowest BCUT2D eigenvalue weighted by atomic mass is 10.0. The van der Waals surface area contributed by atoms with Gasteiger partial charge in [-0.2, -0.15) is 5.10 Å². The third kappa shape index (κ3) is 3.32. The summed E-state index contributed by atoms with van der Waals surface area (Å²) in [7, 11) is 1.91. The SMILES string of the molecule is CCc1nn(C)cc1CNC(=O)CC1CCNC1. The number of aryl methyl sites for hydroxylation is 2. The van der Waals surface area contributed by atoms with Gasteiger partial charge in [-0.3, -0.25) is 9.48 Å². The number of rotatable bonds is 5. The van der Waals surface area contributed by atoms with Gasteiger partial charge < -0.3 is 10.6 Å². The highest BCUT2D eigenvalue weighted by atomic mass is 16.1. The molecule has 2 rings (SSSR count). The maximum atomic E-state index is 11.8. The predicted molar refractivity (Wildman–Crippen MR) is 70.0 cm³/mol. The second-order valence-electron chi connectivity index (χ2n) is 4.97. The van der Waals surface area contributed by atoms with Gasteiger partial charge >= 0.3 is 0 Å². The van der Waals surface area contributed by atoms with E-state index in [1.165, 1.54) is 0 Å². The van der Waals surface area contributed by atoms with Crippen molar-refractivity contribution in [3.63, 3.8) is 0 Å². The van der Waals surface area contributed by atoms with Crippen LogP contribution in [0.3, 0.4) is 0 Å². The van der Waals surface area contributed by atoms with Crippen LogP contribution in [-0.4, -0.2) is 28.8 Å². The smallest absolute Gasteiger partial charge is 0.220 e. The number of aromatic nitrogens is 2. The van der Waals surface area contributed by atoms with Gasteiger partial charge in [-0.05, 0) is 31.8 Å². The minimum Gasteiger partial charge on any atom is -0.352 e. The molecule has 1 unspecified atom stereocenters. The predicted octanol–water partition coefficient (Wildman–Crippen LogP) is 0.598. The molecule has 0 aliphatic carbocycles. The Balaban J connectivity index is 1.81. The molecule has 100 valence electrons. The van der Waals surface area contributed by atoms with Gasteiger partial charge in [0.05, 0.1) is 5.69 Å². The average Bonchev–Trinajstić information content (AvgIpc) is 2.95. The zero-order chi connectivity index (χ0) is 13.0. The zero-order valence-electron chi connectivity index (χ0n) is 11.2. The van der Waals surface area contributed by atoms with Crippen molar-refractivity contribution >= 4 is 5.91 Å². The van der Waals surface area contributed by atoms with Crippen LogP contribution < -0.4 is 10.6 Å². The first-order valence-electron chi connectivity index (χ1n) is 6.67. The Morgan fingerprint density at radius 3 is 3.17 bits per heavy atom. The number of nitrogens with zero attached hydrogens (tertiary/aromatic N) is 2. The van der Waals surface area contributed by atoms with E-state index in [0.29, 0.717) is 18.9 Å². The van der Waals surface area contributed by atoms with Gasteiger partial charge in [0.25, 0.3) is 0 Å². The number of carbonyl (C=O) groups is 1. The van der Waals surface area contributed by atoms with Gasteiger partial charge in [-0.15, -0.1) is 0 Å². The Labute approximate surface area is 108 Å². The molecular formula is C13H22N4O. The van der Waals surface area contributed by atoms with Crippen molar-refractivity contribution in [2.24, 2.45) is 13.0 Å². The third-order valence-electron chi connectivity index (χ3n) is 3.44. The van der Waals surface area contributed by atoms with Crippen molar-refractivity contribution in [3.05, 3.63) is 17.5 Å². The van der Waals surface area contributed by atoms with Crippen LogP contribution in [-0.2, 0) is 24.8 Å². The fourth-order valence-corrected chi connectivity index (χ4v) is 2.45. The van der Waals surface area contributed by atoms with E-state index in [1.807, 2.05) is 13.2 Å². The highest BCUT2D eigenvalue weighted by molar-refractivity contribution is 5.76. The Morgan fingerprint density at radius 1 is 1.67 bits per heavy atom. The highest BCUT2D eigenvalue weighted by Crippen LogP contribution is 2.12. The van der Waals surface area contributed by atoms with E-state index in [2.05, 4.69) is 22.7 Å². The van der Waals surface area contributed by atoms with Crippen LogP contribution in [0.15, 0.2) is 6.20 Å². The molecule has 1 aromatic rings. The van der Waals surface area contributed by atoms with Crippen molar-refractivity contribution < 1.29 is 4.79 Å². The molecular weight excluding hydrogens is 228 g/mol. The summed E-state index contributed by atoms with van der Waals surface area (Å²) < 4.78 is 1.81. The molecule has 1 aliphatic rings. The van der Waals surface area contributed by atoms with Crippen LogP contribution in [0, 0.1) is 5.92 Å². The standard InChI is InChI=1S/C13H22N4O/c1-3-12-11(9-17(2)16-12)8-15-13(18)6-10-4-5-14-7-10/h9-10,14H,3-8H2,1-2H3,(H,15,18). The number of nitrogens with one attached hydrogen (secondary N) is 2. The van der Waals surface area contributed by atoms with Crippen molar-refractivity contribution in [2.45, 2.75) is 32.7 Å². The van der Waals surface area contributed by atoms with Gasteiger partial charge in [0.1, 0.15) is 0 Å². The van der Waals surface area contributed by atoms with E-state index in [4.69, 9.17) is 0 Å². The fraction of sp³-hybridized carbons (Fsp3) is 0.692. The maximum absolute atomic E-state index is 11.8. The molecule has 0 aromatic carbocycles. The highest BCUT2D eigenvalue weighted by Gasteiger charge is 2.18. The van der Waals surface area contributed by atoms with Gasteiger partial charge in [-0.1, -0.05) is 6.92 Å². The molecule has 1 saturated heterocycles. The normalized spacial score (nSPS) is 19.1. The Morgan fingerprint density at radius 2 is 2.50 bits per heavy atom. The van der Waals surface area contributed by atoms with Crippen LogP contribution in [0.4, 0.5) is 0 Å². The van der Waals surface area contributed by atoms with Crippen molar-refractivity contribution in [2.75, 3.05) is 13.1 Å². The molecule has 0 spiro atoms. The summed E-state index contributed by atoms with van der Waals surface area (Å²) >= 11 is 0. The summed E-state index contributed by atoms with van der Waals surface area (Å²) in [5, 5.41) is 10.6. The first kappa shape index (κ1) is 13.1. The van der Waals surface area contributed by atoms with Gasteiger partial charge in [0, 0.05) is 31.8 Å². The Kier molecular flexibility index (Phi) is 4.36. The van der Waals surface area contributed by atoms with E-state index in [-0.39, 0.29) is 5.91 Å². The zero-order valence-corrected chi connectivity index (χ0v) is 11.2. The van der Waals surface area contributed by atoms with E-state index >= 15 is 0 Å². The van der Waals surface area contributed by atoms with E-state index in [9.17, 15) is 4.79 Å². The lowest BCUT2D eigenvalue weighted by Crippen LogP contribution is -2.26. The van der Waals surface area contributed by atoms with Crippen LogP contribution in [0.25, 0.3) is 0 Å². The topological polar surface area (TPSA) is 59.0 Å². The molecule has 5 nitrogen and oxygen atoms in total. The average molecular weight is 250 g/mol. The Hall–Kier alpha value is -1.36. The number of amides is 1. The fourth-order valence-electron chi connectivity index (χ4n) is 2.45. The van der Waals surface area contributed by atoms with E-state index in [0.717, 1.165) is 37.2 Å². The van der Waals surface area contributed by atoms with Crippen LogP contribution in [0.5, 0.6) is 0 Å². The molecule has 5 heteroatoms. The quantitative estimate of drug-likeness (QED) is 0.804. The van der Waals surface area contributed by atoms with Crippen molar-refractivity contribution in [3.8, 4) is 0 Å². The minimum absolute atomic E-state index is 0.148. The first-order valence-corrected chi connectivity index (χ1v) is 6.67. The molecule has 0 saturated carbocycles. The number of hydrogen-bond donors (Lipinski definition) is 2. The summed E-state index contributed by atoms with van der Waals surface area (Å²) in [6.07, 6.45) is 4.63.